The molecule has 166 valence electrons. The zero-order chi connectivity index (χ0) is 23.5. The van der Waals surface area contributed by atoms with Crippen LogP contribution in [0.4, 0.5) is 5.69 Å². The fourth-order valence-electron chi connectivity index (χ4n) is 3.35. The third kappa shape index (κ3) is 5.22. The fraction of sp³-hybridized carbons (Fsp3) is 0.0909. The van der Waals surface area contributed by atoms with E-state index in [0.717, 1.165) is 27.6 Å². The monoisotopic (exact) mass is 458 g/mol. The van der Waals surface area contributed by atoms with E-state index in [1.165, 1.54) is 0 Å². The lowest BCUT2D eigenvalue weighted by atomic mass is 9.91. The van der Waals surface area contributed by atoms with Crippen LogP contribution >= 0.6 is 0 Å². The van der Waals surface area contributed by atoms with Crippen LogP contribution in [0.2, 0.25) is 0 Å². The van der Waals surface area contributed by atoms with Gasteiger partial charge in [0.05, 0.1) is 25.8 Å². The molecule has 32 heavy (non-hydrogen) atoms. The van der Waals surface area contributed by atoms with Crippen LogP contribution < -0.4 is 24.7 Å². The minimum Gasteiger partial charge on any atom is -0.478 e. The Hall–Kier alpha value is -3.47. The number of rotatable bonds is 3. The lowest BCUT2D eigenvalue weighted by Gasteiger charge is -2.17. The van der Waals surface area contributed by atoms with Gasteiger partial charge in [0.2, 0.25) is 0 Å². The van der Waals surface area contributed by atoms with E-state index in [9.17, 15) is 9.90 Å². The number of halogens is 1. The minimum atomic E-state index is -4.69. The summed E-state index contributed by atoms with van der Waals surface area (Å²) in [4.78, 5) is 16.0. The molecule has 2 aliphatic rings. The van der Waals surface area contributed by atoms with Gasteiger partial charge in [-0.25, -0.2) is 4.79 Å². The highest BCUT2D eigenvalue weighted by atomic mass is 35.7. The lowest BCUT2D eigenvalue weighted by Crippen LogP contribution is -2.58. The van der Waals surface area contributed by atoms with Gasteiger partial charge < -0.3 is 14.8 Å². The molecule has 4 rings (SSSR count). The summed E-state index contributed by atoms with van der Waals surface area (Å²) in [6.45, 7) is 0. The third-order valence-corrected chi connectivity index (χ3v) is 4.68. The number of benzene rings is 3. The Morgan fingerprint density at radius 1 is 1.03 bits per heavy atom. The van der Waals surface area contributed by atoms with E-state index in [-0.39, 0.29) is 5.56 Å². The van der Waals surface area contributed by atoms with Gasteiger partial charge in [0.15, 0.2) is 0 Å². The maximum absolute atomic E-state index is 11.8. The summed E-state index contributed by atoms with van der Waals surface area (Å²) in [7, 11) is -1.13. The van der Waals surface area contributed by atoms with Gasteiger partial charge >= 0.3 is 5.97 Å². The van der Waals surface area contributed by atoms with Crippen LogP contribution in [-0.4, -0.2) is 29.8 Å². The third-order valence-electron chi connectivity index (χ3n) is 4.68. The summed E-state index contributed by atoms with van der Waals surface area (Å²) in [5, 5.41) is 14.4. The van der Waals surface area contributed by atoms with Crippen LogP contribution in [0.15, 0.2) is 70.1 Å². The molecule has 3 N–H and O–H groups in total. The number of aromatic carboxylic acids is 1. The van der Waals surface area contributed by atoms with Crippen LogP contribution in [0.5, 0.6) is 0 Å². The van der Waals surface area contributed by atoms with E-state index in [4.69, 9.17) is 23.1 Å². The van der Waals surface area contributed by atoms with Gasteiger partial charge in [-0.15, -0.1) is 0 Å². The molecule has 0 bridgehead atoms. The van der Waals surface area contributed by atoms with Crippen molar-refractivity contribution >= 4 is 22.6 Å². The van der Waals surface area contributed by atoms with Crippen molar-refractivity contribution in [1.29, 1.82) is 0 Å². The SMILES string of the molecule is C/N=c1/ccc2c(-c3ccccc3C(=O)O)c3ccc(NC)cc3oc-2c1.[O-][Cl+3]([O-])([O-])O. The first-order valence-electron chi connectivity index (χ1n) is 9.19. The van der Waals surface area contributed by atoms with Gasteiger partial charge in [-0.1, -0.05) is 18.2 Å². The topological polar surface area (TPSA) is 164 Å². The van der Waals surface area contributed by atoms with Crippen molar-refractivity contribution in [2.45, 2.75) is 0 Å². The van der Waals surface area contributed by atoms with E-state index in [1.54, 1.807) is 19.2 Å². The van der Waals surface area contributed by atoms with E-state index in [2.05, 4.69) is 10.3 Å². The molecule has 1 aliphatic heterocycles. The molecule has 1 heterocycles. The van der Waals surface area contributed by atoms with Crippen molar-refractivity contribution in [2.75, 3.05) is 19.4 Å². The van der Waals surface area contributed by atoms with Crippen molar-refractivity contribution in [2.24, 2.45) is 4.99 Å². The average Bonchev–Trinajstić information content (AvgIpc) is 2.75. The molecule has 0 unspecified atom stereocenters. The normalized spacial score (nSPS) is 11.9. The number of fused-ring (bicyclic) bond motifs is 2. The number of anilines is 1. The van der Waals surface area contributed by atoms with E-state index in [1.807, 2.05) is 55.6 Å². The number of carboxylic acid groups (broad SMARTS) is 1. The summed E-state index contributed by atoms with van der Waals surface area (Å²) in [5.41, 5.74) is 4.20. The van der Waals surface area contributed by atoms with E-state index in [0.29, 0.717) is 16.9 Å². The first-order valence-corrected chi connectivity index (χ1v) is 10.5. The molecule has 10 heteroatoms. The lowest BCUT2D eigenvalue weighted by molar-refractivity contribution is -1.92. The predicted molar refractivity (Wildman–Crippen MR) is 108 cm³/mol. The summed E-state index contributed by atoms with van der Waals surface area (Å²) in [6, 6.07) is 18.6. The van der Waals surface area contributed by atoms with Gasteiger partial charge in [-0.2, -0.15) is 14.0 Å². The second-order valence-electron chi connectivity index (χ2n) is 6.59. The number of carbonyl (C=O) groups is 1. The molecular weight excluding hydrogens is 440 g/mol. The molecule has 0 saturated carbocycles. The van der Waals surface area contributed by atoms with Crippen molar-refractivity contribution < 1.29 is 43.2 Å². The largest absolute Gasteiger partial charge is 0.478 e. The Balaban J connectivity index is 0.000000523. The van der Waals surface area contributed by atoms with Gasteiger partial charge in [-0.05, 0) is 35.9 Å². The van der Waals surface area contributed by atoms with Gasteiger partial charge in [0.25, 0.3) is 0 Å². The maximum Gasteiger partial charge on any atom is 0.336 e. The Morgan fingerprint density at radius 3 is 2.34 bits per heavy atom. The average molecular weight is 459 g/mol. The molecule has 0 fully saturated rings. The highest BCUT2D eigenvalue weighted by Crippen LogP contribution is 2.41. The van der Waals surface area contributed by atoms with Gasteiger partial charge in [-0.3, -0.25) is 4.99 Å². The Labute approximate surface area is 184 Å². The molecule has 9 nitrogen and oxygen atoms in total. The van der Waals surface area contributed by atoms with E-state index < -0.39 is 16.2 Å². The quantitative estimate of drug-likeness (QED) is 0.370. The smallest absolute Gasteiger partial charge is 0.336 e. The highest BCUT2D eigenvalue weighted by molar-refractivity contribution is 6.07. The number of nitrogens with one attached hydrogen (secondary N) is 1. The Bertz CT molecular complexity index is 1310. The van der Waals surface area contributed by atoms with Crippen LogP contribution in [0, 0.1) is 10.2 Å². The number of carboxylic acids is 1. The van der Waals surface area contributed by atoms with Crippen LogP contribution in [0.25, 0.3) is 33.4 Å². The summed E-state index contributed by atoms with van der Waals surface area (Å²) in [6.07, 6.45) is 0. The maximum atomic E-state index is 11.8. The van der Waals surface area contributed by atoms with Crippen molar-refractivity contribution in [1.82, 2.24) is 0 Å². The number of nitrogens with zero attached hydrogens (tertiary/aromatic N) is 1. The standard InChI is InChI=1S/C22H18N2O3.ClHO4/c1-23-13-7-9-17-19(11-13)27-20-12-14(24-2)8-10-18(20)21(17)15-5-3-4-6-16(15)22(25)26;2-1(3,4)5/h3-12,23H,1-2H3,(H,25,26);(H,2,3,4,5)/b24-14-;. The fourth-order valence-corrected chi connectivity index (χ4v) is 3.35. The molecule has 0 amide bonds. The first kappa shape index (κ1) is 23.2. The molecule has 0 atom stereocenters. The molecule has 2 aromatic carbocycles. The Kier molecular flexibility index (Phi) is 6.78. The zero-order valence-electron chi connectivity index (χ0n) is 17.0. The van der Waals surface area contributed by atoms with Crippen LogP contribution in [0.3, 0.4) is 0 Å². The molecular formula is C22H19ClN2O7. The predicted octanol–water partition coefficient (Wildman–Crippen LogP) is 0.351. The van der Waals surface area contributed by atoms with Crippen molar-refractivity contribution in [3.8, 4) is 22.5 Å². The first-order chi connectivity index (χ1) is 15.1. The number of hydrogen-bond acceptors (Lipinski definition) is 8. The molecule has 0 spiro atoms. The van der Waals surface area contributed by atoms with Crippen LogP contribution in [-0.2, 0) is 0 Å². The van der Waals surface area contributed by atoms with Gasteiger partial charge in [0.1, 0.15) is 11.3 Å². The second-order valence-corrected chi connectivity index (χ2v) is 7.38. The summed E-state index contributed by atoms with van der Waals surface area (Å²) in [5.74, 6) is -0.297. The number of hydrogen-bond donors (Lipinski definition) is 3. The van der Waals surface area contributed by atoms with Crippen molar-refractivity contribution in [3.63, 3.8) is 0 Å². The molecule has 0 aromatic heterocycles. The molecule has 0 saturated heterocycles. The van der Waals surface area contributed by atoms with Crippen LogP contribution in [0.1, 0.15) is 10.4 Å². The molecule has 0 radical (unpaired) electrons. The summed E-state index contributed by atoms with van der Waals surface area (Å²) < 4.78 is 38.9. The van der Waals surface area contributed by atoms with E-state index >= 15 is 0 Å². The highest BCUT2D eigenvalue weighted by Gasteiger charge is 2.21. The minimum absolute atomic E-state index is 0.258. The molecule has 1 aliphatic carbocycles. The zero-order valence-corrected chi connectivity index (χ0v) is 17.8. The van der Waals surface area contributed by atoms with Gasteiger partial charge in [0, 0.05) is 48.4 Å². The second kappa shape index (κ2) is 9.35. The van der Waals surface area contributed by atoms with Crippen molar-refractivity contribution in [3.05, 3.63) is 71.6 Å². The molecule has 2 aromatic rings. The Morgan fingerprint density at radius 2 is 1.72 bits per heavy atom. The summed E-state index contributed by atoms with van der Waals surface area (Å²) >= 11 is 0.